The van der Waals surface area contributed by atoms with E-state index in [0.717, 1.165) is 16.1 Å². The van der Waals surface area contributed by atoms with Gasteiger partial charge in [-0.1, -0.05) is 12.1 Å². The Kier molecular flexibility index (Phi) is 6.75. The molecule has 0 aliphatic rings. The highest BCUT2D eigenvalue weighted by atomic mass is 32.2. The van der Waals surface area contributed by atoms with Gasteiger partial charge in [-0.2, -0.15) is 0 Å². The molecule has 0 saturated carbocycles. The molecule has 0 unspecified atom stereocenters. The van der Waals surface area contributed by atoms with Crippen LogP contribution >= 0.6 is 11.8 Å². The molecule has 1 amide bonds. The first kappa shape index (κ1) is 19.6. The fourth-order valence-electron chi connectivity index (χ4n) is 2.42. The first-order valence-electron chi connectivity index (χ1n) is 8.55. The fourth-order valence-corrected chi connectivity index (χ4v) is 2.88. The lowest BCUT2D eigenvalue weighted by atomic mass is 10.2. The Bertz CT molecular complexity index is 979. The Labute approximate surface area is 167 Å². The summed E-state index contributed by atoms with van der Waals surface area (Å²) in [6, 6.07) is 17.0. The Hall–Kier alpha value is -3.19. The van der Waals surface area contributed by atoms with Gasteiger partial charge >= 0.3 is 0 Å². The highest BCUT2D eigenvalue weighted by Gasteiger charge is 2.10. The zero-order valence-corrected chi connectivity index (χ0v) is 16.0. The number of nitrogens with zero attached hydrogens (tertiary/aromatic N) is 2. The van der Waals surface area contributed by atoms with Gasteiger partial charge in [-0.3, -0.25) is 15.1 Å². The van der Waals surface area contributed by atoms with Crippen LogP contribution in [0.4, 0.5) is 10.1 Å². The minimum Gasteiger partial charge on any atom is -0.326 e. The minimum absolute atomic E-state index is 0.219. The number of halogens is 1. The highest BCUT2D eigenvalue weighted by Crippen LogP contribution is 2.19. The Balaban J connectivity index is 1.81. The summed E-state index contributed by atoms with van der Waals surface area (Å²) in [6.45, 7) is 0.358. The van der Waals surface area contributed by atoms with Gasteiger partial charge in [0.15, 0.2) is 0 Å². The average Bonchev–Trinajstić information content (AvgIpc) is 2.73. The summed E-state index contributed by atoms with van der Waals surface area (Å²) in [5.41, 5.74) is 1.96. The van der Waals surface area contributed by atoms with Gasteiger partial charge in [0.25, 0.3) is 5.91 Å². The monoisotopic (exact) mass is 394 g/mol. The number of carbonyl (C=O) groups is 1. The number of thioether (sulfide) groups is 1. The molecule has 0 fully saturated rings. The van der Waals surface area contributed by atoms with Crippen molar-refractivity contribution in [3.05, 3.63) is 90.0 Å². The molecule has 3 rings (SSSR count). The highest BCUT2D eigenvalue weighted by molar-refractivity contribution is 7.98. The number of aromatic nitrogens is 1. The number of benzene rings is 2. The largest absolute Gasteiger partial charge is 0.326 e. The maximum Gasteiger partial charge on any atom is 0.258 e. The standard InChI is InChI=1S/C21H19FN4OS/c1-28-19-7-3-6-18(13-19)25-21(24-14-15-8-10-23-11-9-15)26-20(27)16-4-2-5-17(22)12-16/h2-13H,14H2,1H3,(H2,24,25,26,27). The van der Waals surface area contributed by atoms with E-state index in [0.29, 0.717) is 6.54 Å². The third-order valence-corrected chi connectivity index (χ3v) is 4.55. The van der Waals surface area contributed by atoms with Crippen molar-refractivity contribution in [2.24, 2.45) is 4.99 Å². The van der Waals surface area contributed by atoms with Crippen LogP contribution in [0.3, 0.4) is 0 Å². The molecule has 0 radical (unpaired) electrons. The lowest BCUT2D eigenvalue weighted by Crippen LogP contribution is -2.36. The van der Waals surface area contributed by atoms with Crippen molar-refractivity contribution in [3.63, 3.8) is 0 Å². The number of guanidine groups is 1. The number of hydrogen-bond donors (Lipinski definition) is 2. The van der Waals surface area contributed by atoms with Crippen LogP contribution < -0.4 is 10.6 Å². The van der Waals surface area contributed by atoms with E-state index in [4.69, 9.17) is 0 Å². The van der Waals surface area contributed by atoms with Crippen LogP contribution in [-0.2, 0) is 6.54 Å². The number of pyridine rings is 1. The maximum absolute atomic E-state index is 13.4. The molecular formula is C21H19FN4OS. The van der Waals surface area contributed by atoms with Crippen LogP contribution in [0, 0.1) is 5.82 Å². The molecular weight excluding hydrogens is 375 g/mol. The molecule has 2 aromatic carbocycles. The Morgan fingerprint density at radius 3 is 2.64 bits per heavy atom. The summed E-state index contributed by atoms with van der Waals surface area (Å²) in [4.78, 5) is 22.1. The number of anilines is 1. The van der Waals surface area contributed by atoms with Crippen molar-refractivity contribution >= 4 is 29.3 Å². The number of rotatable bonds is 5. The van der Waals surface area contributed by atoms with Crippen LogP contribution in [0.5, 0.6) is 0 Å². The zero-order chi connectivity index (χ0) is 19.8. The number of aliphatic imine (C=N–C) groups is 1. The van der Waals surface area contributed by atoms with Crippen molar-refractivity contribution in [2.75, 3.05) is 11.6 Å². The van der Waals surface area contributed by atoms with Crippen molar-refractivity contribution in [2.45, 2.75) is 11.4 Å². The van der Waals surface area contributed by atoms with E-state index >= 15 is 0 Å². The molecule has 0 spiro atoms. The van der Waals surface area contributed by atoms with Crippen molar-refractivity contribution in [1.82, 2.24) is 10.3 Å². The van der Waals surface area contributed by atoms with Gasteiger partial charge in [0.1, 0.15) is 5.82 Å². The molecule has 7 heteroatoms. The van der Waals surface area contributed by atoms with Crippen molar-refractivity contribution < 1.29 is 9.18 Å². The summed E-state index contributed by atoms with van der Waals surface area (Å²) < 4.78 is 13.4. The molecule has 2 N–H and O–H groups in total. The van der Waals surface area contributed by atoms with Crippen LogP contribution in [-0.4, -0.2) is 23.1 Å². The third-order valence-electron chi connectivity index (χ3n) is 3.82. The van der Waals surface area contributed by atoms with Gasteiger partial charge in [0.2, 0.25) is 5.96 Å². The van der Waals surface area contributed by atoms with E-state index in [1.807, 2.05) is 42.7 Å². The molecule has 0 aliphatic heterocycles. The SMILES string of the molecule is CSc1cccc(NC(=NCc2ccncc2)NC(=O)c2cccc(F)c2)c1. The summed E-state index contributed by atoms with van der Waals surface area (Å²) in [6.07, 6.45) is 5.36. The van der Waals surface area contributed by atoms with E-state index in [1.165, 1.54) is 18.2 Å². The van der Waals surface area contributed by atoms with Crippen LogP contribution in [0.25, 0.3) is 0 Å². The van der Waals surface area contributed by atoms with Crippen LogP contribution in [0.15, 0.2) is 82.9 Å². The van der Waals surface area contributed by atoms with Gasteiger partial charge in [-0.05, 0) is 60.4 Å². The number of nitrogens with one attached hydrogen (secondary N) is 2. The molecule has 28 heavy (non-hydrogen) atoms. The number of amides is 1. The average molecular weight is 394 g/mol. The molecule has 0 aliphatic carbocycles. The fraction of sp³-hybridized carbons (Fsp3) is 0.0952. The minimum atomic E-state index is -0.469. The van der Waals surface area contributed by atoms with E-state index < -0.39 is 11.7 Å². The topological polar surface area (TPSA) is 66.4 Å². The second-order valence-corrected chi connectivity index (χ2v) is 6.72. The van der Waals surface area contributed by atoms with Crippen LogP contribution in [0.1, 0.15) is 15.9 Å². The zero-order valence-electron chi connectivity index (χ0n) is 15.2. The van der Waals surface area contributed by atoms with Crippen molar-refractivity contribution in [1.29, 1.82) is 0 Å². The van der Waals surface area contributed by atoms with E-state index in [-0.39, 0.29) is 11.5 Å². The number of carbonyl (C=O) groups excluding carboxylic acids is 1. The lowest BCUT2D eigenvalue weighted by Gasteiger charge is -2.13. The summed E-state index contributed by atoms with van der Waals surface area (Å²) in [5.74, 6) is -0.630. The van der Waals surface area contributed by atoms with E-state index in [1.54, 1.807) is 30.2 Å². The quantitative estimate of drug-likeness (QED) is 0.384. The second kappa shape index (κ2) is 9.66. The second-order valence-electron chi connectivity index (χ2n) is 5.84. The number of hydrogen-bond acceptors (Lipinski definition) is 4. The van der Waals surface area contributed by atoms with Gasteiger partial charge < -0.3 is 5.32 Å². The van der Waals surface area contributed by atoms with Gasteiger partial charge in [0.05, 0.1) is 6.54 Å². The predicted octanol–water partition coefficient (Wildman–Crippen LogP) is 4.34. The summed E-state index contributed by atoms with van der Waals surface area (Å²) in [5, 5.41) is 5.86. The first-order chi connectivity index (χ1) is 13.6. The van der Waals surface area contributed by atoms with Crippen molar-refractivity contribution in [3.8, 4) is 0 Å². The maximum atomic E-state index is 13.4. The molecule has 5 nitrogen and oxygen atoms in total. The van der Waals surface area contributed by atoms with E-state index in [2.05, 4.69) is 20.6 Å². The molecule has 142 valence electrons. The van der Waals surface area contributed by atoms with Crippen LogP contribution in [0.2, 0.25) is 0 Å². The van der Waals surface area contributed by atoms with E-state index in [9.17, 15) is 9.18 Å². The molecule has 0 atom stereocenters. The summed E-state index contributed by atoms with van der Waals surface area (Å²) >= 11 is 1.62. The smallest absolute Gasteiger partial charge is 0.258 e. The Morgan fingerprint density at radius 2 is 1.89 bits per heavy atom. The predicted molar refractivity (Wildman–Crippen MR) is 111 cm³/mol. The third kappa shape index (κ3) is 5.65. The molecule has 1 heterocycles. The normalized spacial score (nSPS) is 11.1. The summed E-state index contributed by atoms with van der Waals surface area (Å²) in [7, 11) is 0. The van der Waals surface area contributed by atoms with Gasteiger partial charge in [-0.15, -0.1) is 11.8 Å². The first-order valence-corrected chi connectivity index (χ1v) is 9.78. The molecule has 0 bridgehead atoms. The molecule has 1 aromatic heterocycles. The molecule has 0 saturated heterocycles. The lowest BCUT2D eigenvalue weighted by molar-refractivity contribution is 0.0976. The van der Waals surface area contributed by atoms with Gasteiger partial charge in [-0.25, -0.2) is 9.38 Å². The van der Waals surface area contributed by atoms with Gasteiger partial charge in [0, 0.05) is 28.5 Å². The molecule has 3 aromatic rings. The Morgan fingerprint density at radius 1 is 1.11 bits per heavy atom.